The highest BCUT2D eigenvalue weighted by molar-refractivity contribution is 7.84. The van der Waals surface area contributed by atoms with E-state index >= 15 is 0 Å². The fraction of sp³-hybridized carbons (Fsp3) is 0.444. The van der Waals surface area contributed by atoms with Gasteiger partial charge in [-0.15, -0.1) is 0 Å². The molecule has 0 amide bonds. The van der Waals surface area contributed by atoms with Crippen molar-refractivity contribution >= 4 is 21.9 Å². The second-order valence-electron chi connectivity index (χ2n) is 7.32. The molecular weight excluding hydrogens is 398 g/mol. The molecule has 0 bridgehead atoms. The Kier molecular flexibility index (Phi) is 5.40. The first-order valence-electron chi connectivity index (χ1n) is 9.30. The number of rotatable bonds is 6. The fourth-order valence-electron chi connectivity index (χ4n) is 3.99. The Labute approximate surface area is 168 Å². The molecule has 11 heteroatoms. The van der Waals surface area contributed by atoms with Crippen molar-refractivity contribution in [2.75, 3.05) is 10.6 Å². The molecule has 4 rings (SSSR count). The minimum absolute atomic E-state index is 0.0432. The number of nitrogens with one attached hydrogen (secondary N) is 2. The van der Waals surface area contributed by atoms with E-state index in [1.165, 1.54) is 17.5 Å². The molecule has 1 aromatic carbocycles. The lowest BCUT2D eigenvalue weighted by atomic mass is 10.1. The zero-order valence-electron chi connectivity index (χ0n) is 15.5. The summed E-state index contributed by atoms with van der Waals surface area (Å²) in [7, 11) is -4.24. The minimum Gasteiger partial charge on any atom is -0.388 e. The zero-order chi connectivity index (χ0) is 20.6. The van der Waals surface area contributed by atoms with Gasteiger partial charge in [-0.25, -0.2) is 15.1 Å². The molecule has 0 radical (unpaired) electrons. The molecule has 5 atom stereocenters. The van der Waals surface area contributed by atoms with Gasteiger partial charge in [-0.2, -0.15) is 8.42 Å². The summed E-state index contributed by atoms with van der Waals surface area (Å²) >= 11 is 0. The maximum Gasteiger partial charge on any atom is 0.333 e. The third-order valence-corrected chi connectivity index (χ3v) is 5.86. The van der Waals surface area contributed by atoms with E-state index in [0.717, 1.165) is 12.8 Å². The van der Waals surface area contributed by atoms with Crippen molar-refractivity contribution in [1.82, 2.24) is 9.97 Å². The first kappa shape index (κ1) is 20.0. The Morgan fingerprint density at radius 2 is 1.83 bits per heavy atom. The van der Waals surface area contributed by atoms with Crippen LogP contribution in [-0.2, 0) is 20.9 Å². The second-order valence-corrected chi connectivity index (χ2v) is 8.50. The predicted octanol–water partition coefficient (Wildman–Crippen LogP) is 0.0707. The molecule has 0 aliphatic heterocycles. The van der Waals surface area contributed by atoms with Crippen molar-refractivity contribution in [1.29, 1.82) is 0 Å². The SMILES string of the molecule is NS(=O)(=O)OC1C[C@@H](Nc2cc(N[C@H]3CCc4ccccc43)ncn2)[C@H](O)[C@@H]1O. The van der Waals surface area contributed by atoms with E-state index in [-0.39, 0.29) is 12.5 Å². The molecule has 0 saturated heterocycles. The van der Waals surface area contributed by atoms with E-state index in [0.29, 0.717) is 11.6 Å². The number of anilines is 2. The van der Waals surface area contributed by atoms with E-state index in [9.17, 15) is 18.6 Å². The van der Waals surface area contributed by atoms with Crippen LogP contribution in [0.1, 0.15) is 30.0 Å². The predicted molar refractivity (Wildman–Crippen MR) is 105 cm³/mol. The Balaban J connectivity index is 1.43. The fourth-order valence-corrected chi connectivity index (χ4v) is 4.53. The van der Waals surface area contributed by atoms with Crippen molar-refractivity contribution in [2.45, 2.75) is 49.7 Å². The highest BCUT2D eigenvalue weighted by Gasteiger charge is 2.44. The second kappa shape index (κ2) is 7.84. The molecule has 1 heterocycles. The first-order chi connectivity index (χ1) is 13.8. The number of hydrogen-bond acceptors (Lipinski definition) is 9. The van der Waals surface area contributed by atoms with Crippen LogP contribution >= 0.6 is 0 Å². The number of aliphatic hydroxyl groups excluding tert-OH is 2. The Bertz CT molecular complexity index is 988. The average Bonchev–Trinajstić information content (AvgIpc) is 3.18. The zero-order valence-corrected chi connectivity index (χ0v) is 16.3. The largest absolute Gasteiger partial charge is 0.388 e. The van der Waals surface area contributed by atoms with E-state index in [1.807, 2.05) is 12.1 Å². The number of aliphatic hydroxyl groups is 2. The third kappa shape index (κ3) is 4.49. The van der Waals surface area contributed by atoms with E-state index in [1.54, 1.807) is 6.07 Å². The summed E-state index contributed by atoms with van der Waals surface area (Å²) in [6, 6.07) is 9.46. The summed E-state index contributed by atoms with van der Waals surface area (Å²) in [5.41, 5.74) is 2.57. The highest BCUT2D eigenvalue weighted by atomic mass is 32.2. The van der Waals surface area contributed by atoms with Crippen molar-refractivity contribution in [3.63, 3.8) is 0 Å². The number of hydrogen-bond donors (Lipinski definition) is 5. The number of nitrogens with two attached hydrogens (primary N) is 1. The van der Waals surface area contributed by atoms with Crippen LogP contribution in [0.4, 0.5) is 11.6 Å². The van der Waals surface area contributed by atoms with Gasteiger partial charge in [0.25, 0.3) is 0 Å². The maximum absolute atomic E-state index is 11.1. The van der Waals surface area contributed by atoms with Gasteiger partial charge in [-0.3, -0.25) is 4.18 Å². The highest BCUT2D eigenvalue weighted by Crippen LogP contribution is 2.33. The van der Waals surface area contributed by atoms with E-state index < -0.39 is 34.7 Å². The summed E-state index contributed by atoms with van der Waals surface area (Å²) < 4.78 is 26.9. The van der Waals surface area contributed by atoms with Gasteiger partial charge in [0.2, 0.25) is 0 Å². The molecule has 2 aliphatic carbocycles. The topological polar surface area (TPSA) is 160 Å². The molecule has 2 aliphatic rings. The molecule has 1 unspecified atom stereocenters. The van der Waals surface area contributed by atoms with Crippen molar-refractivity contribution < 1.29 is 22.8 Å². The van der Waals surface area contributed by atoms with E-state index in [2.05, 4.69) is 36.9 Å². The minimum atomic E-state index is -4.24. The molecule has 29 heavy (non-hydrogen) atoms. The van der Waals surface area contributed by atoms with Crippen LogP contribution in [0.15, 0.2) is 36.7 Å². The van der Waals surface area contributed by atoms with Crippen LogP contribution in [0.3, 0.4) is 0 Å². The van der Waals surface area contributed by atoms with Gasteiger partial charge in [0.15, 0.2) is 0 Å². The van der Waals surface area contributed by atoms with Crippen LogP contribution < -0.4 is 15.8 Å². The number of aromatic nitrogens is 2. The van der Waals surface area contributed by atoms with Crippen LogP contribution in [0.5, 0.6) is 0 Å². The molecule has 1 saturated carbocycles. The monoisotopic (exact) mass is 421 g/mol. The first-order valence-corrected chi connectivity index (χ1v) is 10.8. The lowest BCUT2D eigenvalue weighted by molar-refractivity contribution is -0.00843. The van der Waals surface area contributed by atoms with Gasteiger partial charge < -0.3 is 20.8 Å². The third-order valence-electron chi connectivity index (χ3n) is 5.34. The number of nitrogens with zero attached hydrogens (tertiary/aromatic N) is 2. The average molecular weight is 421 g/mol. The normalized spacial score (nSPS) is 28.9. The molecule has 6 N–H and O–H groups in total. The van der Waals surface area contributed by atoms with Gasteiger partial charge in [-0.05, 0) is 24.0 Å². The summed E-state index contributed by atoms with van der Waals surface area (Å²) in [5, 5.41) is 31.5. The van der Waals surface area contributed by atoms with Gasteiger partial charge in [0.05, 0.1) is 12.1 Å². The smallest absolute Gasteiger partial charge is 0.333 e. The summed E-state index contributed by atoms with van der Waals surface area (Å²) in [6.45, 7) is 0. The summed E-state index contributed by atoms with van der Waals surface area (Å²) in [4.78, 5) is 8.40. The molecule has 1 fully saturated rings. The molecule has 156 valence electrons. The van der Waals surface area contributed by atoms with Crippen molar-refractivity contribution in [3.05, 3.63) is 47.8 Å². The molecular formula is C18H23N5O5S. The Morgan fingerprint density at radius 3 is 2.59 bits per heavy atom. The number of benzene rings is 1. The quantitative estimate of drug-likeness (QED) is 0.435. The lowest BCUT2D eigenvalue weighted by Crippen LogP contribution is -2.37. The van der Waals surface area contributed by atoms with Gasteiger partial charge in [0.1, 0.15) is 36.3 Å². The standard InChI is InChI=1S/C18H23N5O5S/c19-29(26,27)28-14-7-13(17(24)18(14)25)23-16-8-15(20-9-21-16)22-12-6-5-10-3-1-2-4-11(10)12/h1-4,8-9,12-14,17-18,24-25H,5-7H2,(H2,19,26,27)(H2,20,21,22,23)/t12-,13+,14?,17-,18+/m0/s1. The molecule has 2 aromatic rings. The molecule has 0 spiro atoms. The summed E-state index contributed by atoms with van der Waals surface area (Å²) in [5.74, 6) is 1.05. The molecule has 1 aromatic heterocycles. The number of fused-ring (bicyclic) bond motifs is 1. The van der Waals surface area contributed by atoms with Crippen molar-refractivity contribution in [2.24, 2.45) is 5.14 Å². The van der Waals surface area contributed by atoms with Gasteiger partial charge in [-0.1, -0.05) is 24.3 Å². The van der Waals surface area contributed by atoms with Crippen molar-refractivity contribution in [3.8, 4) is 0 Å². The number of aryl methyl sites for hydroxylation is 1. The van der Waals surface area contributed by atoms with Crippen LogP contribution in [0, 0.1) is 0 Å². The lowest BCUT2D eigenvalue weighted by Gasteiger charge is -2.19. The van der Waals surface area contributed by atoms with Gasteiger partial charge >= 0.3 is 10.3 Å². The van der Waals surface area contributed by atoms with Gasteiger partial charge in [0, 0.05) is 12.5 Å². The Morgan fingerprint density at radius 1 is 1.10 bits per heavy atom. The summed E-state index contributed by atoms with van der Waals surface area (Å²) in [6.07, 6.45) is -0.362. The van der Waals surface area contributed by atoms with E-state index in [4.69, 9.17) is 5.14 Å². The van der Waals surface area contributed by atoms with Crippen LogP contribution in [-0.4, -0.2) is 53.0 Å². The Hall–Kier alpha value is -2.31. The van der Waals surface area contributed by atoms with Crippen LogP contribution in [0.2, 0.25) is 0 Å². The van der Waals surface area contributed by atoms with Crippen LogP contribution in [0.25, 0.3) is 0 Å². The maximum atomic E-state index is 11.1. The molecule has 10 nitrogen and oxygen atoms in total.